The van der Waals surface area contributed by atoms with Gasteiger partial charge in [-0.2, -0.15) is 0 Å². The molecule has 0 spiro atoms. The lowest BCUT2D eigenvalue weighted by Gasteiger charge is -2.07. The standard InChI is InChI=1S/C12H12N2O/c15-12-8-4-3-7-9(8)13-10-5-1-2-6-11(10)14-12/h1-2,5-6,8H,3-4,7H2,(H,14,15)/t8-/m0/s1. The highest BCUT2D eigenvalue weighted by Gasteiger charge is 2.31. The van der Waals surface area contributed by atoms with Crippen LogP contribution in [0.4, 0.5) is 11.4 Å². The normalized spacial score (nSPS) is 23.6. The first-order valence-electron chi connectivity index (χ1n) is 5.32. The van der Waals surface area contributed by atoms with Gasteiger partial charge in [0.05, 0.1) is 17.3 Å². The second-order valence-corrected chi connectivity index (χ2v) is 4.05. The van der Waals surface area contributed by atoms with Gasteiger partial charge in [-0.25, -0.2) is 0 Å². The number of nitrogens with one attached hydrogen (secondary N) is 1. The number of fused-ring (bicyclic) bond motifs is 2. The zero-order chi connectivity index (χ0) is 10.3. The van der Waals surface area contributed by atoms with Gasteiger partial charge in [0.1, 0.15) is 0 Å². The second-order valence-electron chi connectivity index (χ2n) is 4.05. The molecule has 15 heavy (non-hydrogen) atoms. The highest BCUT2D eigenvalue weighted by Crippen LogP contribution is 2.34. The molecule has 3 heteroatoms. The van der Waals surface area contributed by atoms with Crippen molar-refractivity contribution >= 4 is 23.0 Å². The van der Waals surface area contributed by atoms with Crippen molar-refractivity contribution < 1.29 is 4.79 Å². The van der Waals surface area contributed by atoms with E-state index in [1.165, 1.54) is 0 Å². The van der Waals surface area contributed by atoms with Gasteiger partial charge in [-0.3, -0.25) is 9.79 Å². The summed E-state index contributed by atoms with van der Waals surface area (Å²) in [6, 6.07) is 7.71. The summed E-state index contributed by atoms with van der Waals surface area (Å²) in [5.74, 6) is 0.119. The Kier molecular flexibility index (Phi) is 1.84. The van der Waals surface area contributed by atoms with E-state index in [-0.39, 0.29) is 11.8 Å². The van der Waals surface area contributed by atoms with E-state index in [4.69, 9.17) is 0 Å². The summed E-state index contributed by atoms with van der Waals surface area (Å²) >= 11 is 0. The van der Waals surface area contributed by atoms with Crippen molar-refractivity contribution in [2.45, 2.75) is 19.3 Å². The molecule has 1 atom stereocenters. The number of rotatable bonds is 0. The molecule has 1 N–H and O–H groups in total. The number of para-hydroxylation sites is 2. The molecule has 1 fully saturated rings. The number of hydrogen-bond acceptors (Lipinski definition) is 2. The van der Waals surface area contributed by atoms with E-state index in [2.05, 4.69) is 10.3 Å². The minimum atomic E-state index is 0.0115. The monoisotopic (exact) mass is 200 g/mol. The Hall–Kier alpha value is -1.64. The molecule has 1 saturated carbocycles. The fourth-order valence-electron chi connectivity index (χ4n) is 2.30. The van der Waals surface area contributed by atoms with E-state index in [9.17, 15) is 4.79 Å². The van der Waals surface area contributed by atoms with Crippen LogP contribution >= 0.6 is 0 Å². The predicted molar refractivity (Wildman–Crippen MR) is 59.5 cm³/mol. The topological polar surface area (TPSA) is 41.5 Å². The van der Waals surface area contributed by atoms with Gasteiger partial charge in [0, 0.05) is 5.71 Å². The molecular weight excluding hydrogens is 188 g/mol. The Bertz CT molecular complexity index is 451. The number of amides is 1. The molecule has 3 nitrogen and oxygen atoms in total. The predicted octanol–water partition coefficient (Wildman–Crippen LogP) is 2.51. The summed E-state index contributed by atoms with van der Waals surface area (Å²) in [6.45, 7) is 0. The largest absolute Gasteiger partial charge is 0.324 e. The highest BCUT2D eigenvalue weighted by atomic mass is 16.1. The summed E-state index contributed by atoms with van der Waals surface area (Å²) < 4.78 is 0. The molecule has 0 unspecified atom stereocenters. The number of anilines is 1. The van der Waals surface area contributed by atoms with Gasteiger partial charge in [-0.1, -0.05) is 12.1 Å². The minimum absolute atomic E-state index is 0.0115. The molecule has 0 radical (unpaired) electrons. The lowest BCUT2D eigenvalue weighted by atomic mass is 10.1. The van der Waals surface area contributed by atoms with Crippen LogP contribution in [-0.4, -0.2) is 11.6 Å². The van der Waals surface area contributed by atoms with Crippen LogP contribution in [0.2, 0.25) is 0 Å². The molecule has 0 saturated heterocycles. The molecule has 3 rings (SSSR count). The van der Waals surface area contributed by atoms with Gasteiger partial charge < -0.3 is 5.32 Å². The third kappa shape index (κ3) is 1.35. The Labute approximate surface area is 88.2 Å². The van der Waals surface area contributed by atoms with Crippen LogP contribution in [0.25, 0.3) is 0 Å². The molecule has 76 valence electrons. The van der Waals surface area contributed by atoms with Crippen molar-refractivity contribution in [1.82, 2.24) is 0 Å². The van der Waals surface area contributed by atoms with Gasteiger partial charge in [-0.15, -0.1) is 0 Å². The van der Waals surface area contributed by atoms with Crippen LogP contribution in [0.15, 0.2) is 29.3 Å². The Morgan fingerprint density at radius 1 is 1.33 bits per heavy atom. The fraction of sp³-hybridized carbons (Fsp3) is 0.333. The van der Waals surface area contributed by atoms with E-state index in [0.717, 1.165) is 36.3 Å². The average Bonchev–Trinajstić information content (AvgIpc) is 2.64. The van der Waals surface area contributed by atoms with Crippen LogP contribution in [0.3, 0.4) is 0 Å². The molecule has 2 aliphatic rings. The first-order valence-corrected chi connectivity index (χ1v) is 5.32. The molecule has 1 aromatic rings. The summed E-state index contributed by atoms with van der Waals surface area (Å²) in [4.78, 5) is 16.5. The maximum absolute atomic E-state index is 11.9. The number of benzene rings is 1. The van der Waals surface area contributed by atoms with E-state index in [0.29, 0.717) is 0 Å². The number of hydrogen-bond donors (Lipinski definition) is 1. The average molecular weight is 200 g/mol. The lowest BCUT2D eigenvalue weighted by molar-refractivity contribution is -0.117. The molecule has 1 aliphatic carbocycles. The summed E-state index contributed by atoms with van der Waals surface area (Å²) in [6.07, 6.45) is 2.99. The Morgan fingerprint density at radius 3 is 3.13 bits per heavy atom. The van der Waals surface area contributed by atoms with Gasteiger partial charge in [0.25, 0.3) is 0 Å². The third-order valence-corrected chi connectivity index (χ3v) is 3.07. The number of carbonyl (C=O) groups excluding carboxylic acids is 1. The highest BCUT2D eigenvalue weighted by molar-refractivity contribution is 6.13. The Balaban J connectivity index is 2.13. The first kappa shape index (κ1) is 8.65. The maximum atomic E-state index is 11.9. The van der Waals surface area contributed by atoms with Crippen LogP contribution in [0.5, 0.6) is 0 Å². The zero-order valence-electron chi connectivity index (χ0n) is 8.36. The van der Waals surface area contributed by atoms with Gasteiger partial charge in [-0.05, 0) is 31.4 Å². The molecule has 1 aromatic carbocycles. The summed E-state index contributed by atoms with van der Waals surface area (Å²) in [5.41, 5.74) is 2.78. The van der Waals surface area contributed by atoms with Gasteiger partial charge in [0.15, 0.2) is 0 Å². The smallest absolute Gasteiger partial charge is 0.233 e. The van der Waals surface area contributed by atoms with Crippen LogP contribution in [0.1, 0.15) is 19.3 Å². The van der Waals surface area contributed by atoms with Crippen molar-refractivity contribution in [2.75, 3.05) is 5.32 Å². The summed E-state index contributed by atoms with van der Waals surface area (Å²) in [5, 5.41) is 2.94. The van der Waals surface area contributed by atoms with Crippen molar-refractivity contribution in [2.24, 2.45) is 10.9 Å². The van der Waals surface area contributed by atoms with Crippen LogP contribution < -0.4 is 5.32 Å². The minimum Gasteiger partial charge on any atom is -0.324 e. The lowest BCUT2D eigenvalue weighted by Crippen LogP contribution is -2.24. The van der Waals surface area contributed by atoms with Crippen molar-refractivity contribution in [3.63, 3.8) is 0 Å². The Morgan fingerprint density at radius 2 is 2.20 bits per heavy atom. The first-order chi connectivity index (χ1) is 7.34. The van der Waals surface area contributed by atoms with Gasteiger partial charge >= 0.3 is 0 Å². The number of nitrogens with zero attached hydrogens (tertiary/aromatic N) is 1. The van der Waals surface area contributed by atoms with Crippen LogP contribution in [-0.2, 0) is 4.79 Å². The van der Waals surface area contributed by atoms with E-state index in [1.54, 1.807) is 0 Å². The van der Waals surface area contributed by atoms with Crippen molar-refractivity contribution in [3.05, 3.63) is 24.3 Å². The molecule has 0 bridgehead atoms. The zero-order valence-corrected chi connectivity index (χ0v) is 8.36. The van der Waals surface area contributed by atoms with E-state index >= 15 is 0 Å². The maximum Gasteiger partial charge on any atom is 0.233 e. The fourth-order valence-corrected chi connectivity index (χ4v) is 2.30. The second kappa shape index (κ2) is 3.19. The number of carbonyl (C=O) groups is 1. The van der Waals surface area contributed by atoms with Gasteiger partial charge in [0.2, 0.25) is 5.91 Å². The molecule has 0 aromatic heterocycles. The van der Waals surface area contributed by atoms with Crippen molar-refractivity contribution in [1.29, 1.82) is 0 Å². The summed E-state index contributed by atoms with van der Waals surface area (Å²) in [7, 11) is 0. The molecular formula is C12H12N2O. The molecule has 1 amide bonds. The van der Waals surface area contributed by atoms with E-state index < -0.39 is 0 Å². The molecule has 1 heterocycles. The van der Waals surface area contributed by atoms with Crippen molar-refractivity contribution in [3.8, 4) is 0 Å². The number of aliphatic imine (C=N–C) groups is 1. The SMILES string of the molecule is O=C1Nc2ccccc2N=C2CCC[C@H]12. The quantitative estimate of drug-likeness (QED) is 0.686. The molecule has 1 aliphatic heterocycles. The third-order valence-electron chi connectivity index (χ3n) is 3.07. The van der Waals surface area contributed by atoms with E-state index in [1.807, 2.05) is 24.3 Å². The van der Waals surface area contributed by atoms with Crippen LogP contribution in [0, 0.1) is 5.92 Å².